The standard InChI is InChI=1S/C2H7N.O2S/c1-2-3;1-3-2/h2-3H2,1H3;/p+1. The Kier molecular flexibility index (Phi) is 31.7. The fourth-order valence-corrected chi connectivity index (χ4v) is 0. The van der Waals surface area contributed by atoms with Crippen molar-refractivity contribution in [1.29, 1.82) is 0 Å². The number of nitrogens with two attached hydrogens (primary N) is 1. The van der Waals surface area contributed by atoms with E-state index >= 15 is 0 Å². The lowest BCUT2D eigenvalue weighted by Gasteiger charge is -1.53. The van der Waals surface area contributed by atoms with Crippen molar-refractivity contribution in [2.75, 3.05) is 6.54 Å². The third-order valence-electron chi connectivity index (χ3n) is 0. The van der Waals surface area contributed by atoms with Gasteiger partial charge in [-0.3, -0.25) is 0 Å². The first-order valence-electron chi connectivity index (χ1n) is 1.46. The highest BCUT2D eigenvalue weighted by Gasteiger charge is 1.61. The van der Waals surface area contributed by atoms with Crippen LogP contribution in [0.3, 0.4) is 0 Å². The zero-order valence-corrected chi connectivity index (χ0v) is 4.36. The first-order valence-corrected chi connectivity index (χ1v) is 2.16. The van der Waals surface area contributed by atoms with Gasteiger partial charge in [-0.1, -0.05) is 11.5 Å². The predicted molar refractivity (Wildman–Crippen MR) is 25.4 cm³/mol. The summed E-state index contributed by atoms with van der Waals surface area (Å²) >= 11 is -0.500. The Morgan fingerprint density at radius 3 is 2.00 bits per heavy atom. The molecule has 0 heterocycles. The maximum absolute atomic E-state index is 8.40. The molecule has 0 aliphatic rings. The molecule has 4 heteroatoms. The molecule has 38 valence electrons. The van der Waals surface area contributed by atoms with Gasteiger partial charge in [0.25, 0.3) is 0 Å². The van der Waals surface area contributed by atoms with Crippen LogP contribution >= 0.6 is 0 Å². The molecule has 0 unspecified atom stereocenters. The normalized spacial score (nSPS) is 5.17. The van der Waals surface area contributed by atoms with Gasteiger partial charge >= 0.3 is 11.9 Å². The summed E-state index contributed by atoms with van der Waals surface area (Å²) in [7, 11) is 0. The van der Waals surface area contributed by atoms with Crippen LogP contribution in [0.25, 0.3) is 0 Å². The minimum absolute atomic E-state index is 0.500. The minimum atomic E-state index is -0.500. The highest BCUT2D eigenvalue weighted by molar-refractivity contribution is 7.59. The van der Waals surface area contributed by atoms with Crippen LogP contribution in [0.1, 0.15) is 6.92 Å². The Hall–Kier alpha value is -0.0600. The van der Waals surface area contributed by atoms with Crippen LogP contribution < -0.4 is 5.73 Å². The number of hydrogen-bond donors (Lipinski definition) is 2. The van der Waals surface area contributed by atoms with E-state index in [0.717, 1.165) is 6.54 Å². The van der Waals surface area contributed by atoms with Crippen LogP contribution in [-0.4, -0.2) is 11.1 Å². The fourth-order valence-electron chi connectivity index (χ4n) is 0. The lowest BCUT2D eigenvalue weighted by atomic mass is 10.8. The van der Waals surface area contributed by atoms with Crippen LogP contribution in [0.5, 0.6) is 0 Å². The summed E-state index contributed by atoms with van der Waals surface area (Å²) in [5.74, 6) is 0. The van der Waals surface area contributed by atoms with Crippen LogP contribution in [-0.2, 0) is 16.2 Å². The quantitative estimate of drug-likeness (QED) is 0.337. The second-order valence-corrected chi connectivity index (χ2v) is 0.632. The van der Waals surface area contributed by atoms with E-state index in [-0.39, 0.29) is 0 Å². The molecule has 0 bridgehead atoms. The van der Waals surface area contributed by atoms with Crippen molar-refractivity contribution in [3.63, 3.8) is 0 Å². The number of hydrogen-bond acceptors (Lipinski definition) is 2. The lowest BCUT2D eigenvalue weighted by molar-refractivity contribution is 0.538. The van der Waals surface area contributed by atoms with Crippen molar-refractivity contribution in [3.8, 4) is 0 Å². The summed E-state index contributed by atoms with van der Waals surface area (Å²) in [6.07, 6.45) is 0. The largest absolute Gasteiger partial charge is 0.690 e. The summed E-state index contributed by atoms with van der Waals surface area (Å²) in [6, 6.07) is 0. The maximum Gasteiger partial charge on any atom is 0.690 e. The summed E-state index contributed by atoms with van der Waals surface area (Å²) < 4.78 is 15.3. The van der Waals surface area contributed by atoms with Gasteiger partial charge < -0.3 is 5.73 Å². The first kappa shape index (κ1) is 9.34. The first-order chi connectivity index (χ1) is 2.83. The molecule has 0 fully saturated rings. The third-order valence-corrected chi connectivity index (χ3v) is 0. The Morgan fingerprint density at radius 1 is 2.00 bits per heavy atom. The Balaban J connectivity index is 0. The lowest BCUT2D eigenvalue weighted by Crippen LogP contribution is -1.87. The van der Waals surface area contributed by atoms with Crippen LogP contribution in [0.2, 0.25) is 0 Å². The van der Waals surface area contributed by atoms with Gasteiger partial charge in [0.05, 0.1) is 4.21 Å². The molecule has 0 amide bonds. The summed E-state index contributed by atoms with van der Waals surface area (Å²) in [6.45, 7) is 2.65. The minimum Gasteiger partial charge on any atom is -0.331 e. The van der Waals surface area contributed by atoms with Gasteiger partial charge in [0.1, 0.15) is 0 Å². The van der Waals surface area contributed by atoms with Crippen molar-refractivity contribution in [2.24, 2.45) is 5.73 Å². The van der Waals surface area contributed by atoms with Gasteiger partial charge in [-0.05, 0) is 6.54 Å². The zero-order chi connectivity index (χ0) is 5.41. The molecule has 0 aromatic heterocycles. The second-order valence-electron chi connectivity index (χ2n) is 0.483. The van der Waals surface area contributed by atoms with Gasteiger partial charge in [0.15, 0.2) is 0 Å². The Morgan fingerprint density at radius 2 is 2.00 bits per heavy atom. The van der Waals surface area contributed by atoms with Crippen LogP contribution in [0, 0.1) is 0 Å². The molecule has 0 aliphatic carbocycles. The van der Waals surface area contributed by atoms with E-state index < -0.39 is 11.9 Å². The molecule has 3 N–H and O–H groups in total. The van der Waals surface area contributed by atoms with Crippen molar-refractivity contribution in [1.82, 2.24) is 0 Å². The van der Waals surface area contributed by atoms with Gasteiger partial charge in [-0.25, -0.2) is 0 Å². The smallest absolute Gasteiger partial charge is 0.331 e. The molecule has 3 nitrogen and oxygen atoms in total. The van der Waals surface area contributed by atoms with Crippen molar-refractivity contribution in [2.45, 2.75) is 6.92 Å². The van der Waals surface area contributed by atoms with Crippen molar-refractivity contribution < 1.29 is 8.76 Å². The second kappa shape index (κ2) is 20.4. The van der Waals surface area contributed by atoms with E-state index in [9.17, 15) is 0 Å². The fraction of sp³-hybridized carbons (Fsp3) is 1.00. The Bertz CT molecular complexity index is 25.5. The van der Waals surface area contributed by atoms with E-state index in [1.165, 1.54) is 0 Å². The third kappa shape index (κ3) is 9460. The molecule has 0 radical (unpaired) electrons. The molecule has 0 rings (SSSR count). The monoisotopic (exact) mass is 110 g/mol. The molecular weight excluding hydrogens is 102 g/mol. The highest BCUT2D eigenvalue weighted by atomic mass is 32.2. The summed E-state index contributed by atoms with van der Waals surface area (Å²) in [5.41, 5.74) is 4.85. The van der Waals surface area contributed by atoms with Gasteiger partial charge in [0.2, 0.25) is 0 Å². The molecule has 0 saturated heterocycles. The molecule has 0 saturated carbocycles. The van der Waals surface area contributed by atoms with Crippen LogP contribution in [0.15, 0.2) is 0 Å². The Labute approximate surface area is 40.9 Å². The van der Waals surface area contributed by atoms with Crippen molar-refractivity contribution >= 4 is 11.9 Å². The van der Waals surface area contributed by atoms with E-state index in [2.05, 4.69) is 0 Å². The average molecular weight is 110 g/mol. The van der Waals surface area contributed by atoms with Gasteiger partial charge in [-0.15, -0.1) is 0 Å². The molecule has 0 aromatic rings. The van der Waals surface area contributed by atoms with E-state index in [0.29, 0.717) is 0 Å². The molecule has 6 heavy (non-hydrogen) atoms. The zero-order valence-electron chi connectivity index (χ0n) is 3.55. The highest BCUT2D eigenvalue weighted by Crippen LogP contribution is 1.20. The molecule has 0 spiro atoms. The van der Waals surface area contributed by atoms with Gasteiger partial charge in [0, 0.05) is 0 Å². The maximum atomic E-state index is 8.40. The topological polar surface area (TPSA) is 63.3 Å². The number of rotatable bonds is 0. The summed E-state index contributed by atoms with van der Waals surface area (Å²) in [5, 5.41) is 0. The SMILES string of the molecule is CCN.O=[S+]O. The molecule has 0 aromatic carbocycles. The summed E-state index contributed by atoms with van der Waals surface area (Å²) in [4.78, 5) is 0. The molecular formula is C2H8NO2S+. The van der Waals surface area contributed by atoms with Crippen molar-refractivity contribution in [3.05, 3.63) is 0 Å². The van der Waals surface area contributed by atoms with E-state index in [1.54, 1.807) is 0 Å². The van der Waals surface area contributed by atoms with E-state index in [4.69, 9.17) is 14.5 Å². The van der Waals surface area contributed by atoms with E-state index in [1.807, 2.05) is 6.92 Å². The molecule has 0 aliphatic heterocycles. The molecule has 0 atom stereocenters. The average Bonchev–Trinajstić information content (AvgIpc) is 1.39. The van der Waals surface area contributed by atoms with Crippen LogP contribution in [0.4, 0.5) is 0 Å². The van der Waals surface area contributed by atoms with Gasteiger partial charge in [-0.2, -0.15) is 0 Å². The predicted octanol–water partition coefficient (Wildman–Crippen LogP) is -0.147.